The maximum atomic E-state index is 12.5. The van der Waals surface area contributed by atoms with Crippen LogP contribution in [0.15, 0.2) is 23.1 Å². The number of carbonyl (C=O) groups is 1. The Labute approximate surface area is 133 Å². The van der Waals surface area contributed by atoms with Crippen LogP contribution in [0.5, 0.6) is 0 Å². The molecule has 0 amide bonds. The van der Waals surface area contributed by atoms with Gasteiger partial charge in [0.2, 0.25) is 10.0 Å². The summed E-state index contributed by atoms with van der Waals surface area (Å²) in [7, 11) is -3.87. The van der Waals surface area contributed by atoms with Crippen molar-refractivity contribution in [3.63, 3.8) is 0 Å². The van der Waals surface area contributed by atoms with Crippen LogP contribution in [0.3, 0.4) is 0 Å². The highest BCUT2D eigenvalue weighted by Crippen LogP contribution is 2.34. The number of aliphatic carboxylic acids is 1. The molecule has 0 aliphatic heterocycles. The van der Waals surface area contributed by atoms with Gasteiger partial charge in [-0.2, -0.15) is 0 Å². The monoisotopic (exact) mass is 351 g/mol. The van der Waals surface area contributed by atoms with Crippen molar-refractivity contribution in [2.45, 2.75) is 42.5 Å². The Hall–Kier alpha value is -0.820. The molecule has 116 valence electrons. The van der Waals surface area contributed by atoms with Gasteiger partial charge >= 0.3 is 5.97 Å². The van der Waals surface area contributed by atoms with Crippen LogP contribution in [0.2, 0.25) is 10.0 Å². The highest BCUT2D eigenvalue weighted by Gasteiger charge is 2.40. The van der Waals surface area contributed by atoms with Crippen LogP contribution in [0.25, 0.3) is 0 Å². The lowest BCUT2D eigenvalue weighted by Gasteiger charge is -2.28. The van der Waals surface area contributed by atoms with Gasteiger partial charge in [-0.05, 0) is 31.0 Å². The molecule has 0 saturated heterocycles. The molecule has 0 bridgehead atoms. The molecule has 8 heteroatoms. The highest BCUT2D eigenvalue weighted by atomic mass is 35.5. The van der Waals surface area contributed by atoms with Gasteiger partial charge in [-0.1, -0.05) is 36.0 Å². The average Bonchev–Trinajstić information content (AvgIpc) is 2.74. The standard InChI is InChI=1S/C13H15Cl2NO4S/c14-9-5-10(15)7-11(6-9)21(19,20)16-13(8-12(17)18)3-1-2-4-13/h5-7,16H,1-4,8H2,(H,17,18). The first kappa shape index (κ1) is 16.5. The normalized spacial score (nSPS) is 17.8. The number of rotatable bonds is 5. The van der Waals surface area contributed by atoms with Crippen LogP contribution in [0.1, 0.15) is 32.1 Å². The molecule has 0 radical (unpaired) electrons. The van der Waals surface area contributed by atoms with E-state index in [-0.39, 0.29) is 21.4 Å². The number of nitrogens with one attached hydrogen (secondary N) is 1. The second kappa shape index (κ2) is 6.12. The van der Waals surface area contributed by atoms with Crippen LogP contribution < -0.4 is 4.72 Å². The molecular weight excluding hydrogens is 337 g/mol. The molecule has 2 rings (SSSR count). The number of sulfonamides is 1. The van der Waals surface area contributed by atoms with Crippen molar-refractivity contribution >= 4 is 39.2 Å². The molecule has 0 aromatic heterocycles. The molecule has 1 aliphatic rings. The van der Waals surface area contributed by atoms with E-state index in [2.05, 4.69) is 4.72 Å². The van der Waals surface area contributed by atoms with Crippen LogP contribution in [0, 0.1) is 0 Å². The molecule has 1 aliphatic carbocycles. The minimum atomic E-state index is -3.87. The third-order valence-electron chi connectivity index (χ3n) is 3.55. The molecule has 1 fully saturated rings. The van der Waals surface area contributed by atoms with Crippen LogP contribution >= 0.6 is 23.2 Å². The van der Waals surface area contributed by atoms with Crippen molar-refractivity contribution < 1.29 is 18.3 Å². The van der Waals surface area contributed by atoms with Crippen molar-refractivity contribution in [3.8, 4) is 0 Å². The van der Waals surface area contributed by atoms with Crippen LogP contribution in [-0.2, 0) is 14.8 Å². The second-order valence-corrected chi connectivity index (χ2v) is 7.82. The fourth-order valence-electron chi connectivity index (χ4n) is 2.68. The molecule has 0 atom stereocenters. The Morgan fingerprint density at radius 2 is 1.71 bits per heavy atom. The Kier molecular flexibility index (Phi) is 4.82. The maximum Gasteiger partial charge on any atom is 0.305 e. The first-order valence-electron chi connectivity index (χ1n) is 6.44. The van der Waals surface area contributed by atoms with Gasteiger partial charge in [-0.15, -0.1) is 0 Å². The quantitative estimate of drug-likeness (QED) is 0.853. The molecule has 0 heterocycles. The second-order valence-electron chi connectivity index (χ2n) is 5.27. The molecular formula is C13H15Cl2NO4S. The molecule has 1 saturated carbocycles. The minimum absolute atomic E-state index is 0.0586. The van der Waals surface area contributed by atoms with Gasteiger partial charge in [-0.3, -0.25) is 4.79 Å². The average molecular weight is 352 g/mol. The fraction of sp³-hybridized carbons (Fsp3) is 0.462. The molecule has 0 spiro atoms. The fourth-order valence-corrected chi connectivity index (χ4v) is 4.87. The van der Waals surface area contributed by atoms with Gasteiger partial charge in [0.15, 0.2) is 0 Å². The molecule has 21 heavy (non-hydrogen) atoms. The van der Waals surface area contributed by atoms with Gasteiger partial charge in [-0.25, -0.2) is 13.1 Å². The molecule has 5 nitrogen and oxygen atoms in total. The summed E-state index contributed by atoms with van der Waals surface area (Å²) in [4.78, 5) is 11.0. The first-order chi connectivity index (χ1) is 9.72. The topological polar surface area (TPSA) is 83.5 Å². The van der Waals surface area contributed by atoms with E-state index >= 15 is 0 Å². The largest absolute Gasteiger partial charge is 0.481 e. The highest BCUT2D eigenvalue weighted by molar-refractivity contribution is 7.89. The van der Waals surface area contributed by atoms with Crippen molar-refractivity contribution in [3.05, 3.63) is 28.2 Å². The summed E-state index contributed by atoms with van der Waals surface area (Å²) in [5.74, 6) is -1.02. The summed E-state index contributed by atoms with van der Waals surface area (Å²) in [6.45, 7) is 0. The lowest BCUT2D eigenvalue weighted by molar-refractivity contribution is -0.138. The van der Waals surface area contributed by atoms with Crippen LogP contribution in [-0.4, -0.2) is 25.0 Å². The van der Waals surface area contributed by atoms with Gasteiger partial charge in [0.1, 0.15) is 0 Å². The number of benzene rings is 1. The van der Waals surface area contributed by atoms with Crippen molar-refractivity contribution in [2.24, 2.45) is 0 Å². The van der Waals surface area contributed by atoms with Gasteiger partial charge < -0.3 is 5.11 Å². The van der Waals surface area contributed by atoms with E-state index in [1.807, 2.05) is 0 Å². The summed E-state index contributed by atoms with van der Waals surface area (Å²) in [5, 5.41) is 9.44. The van der Waals surface area contributed by atoms with Crippen molar-refractivity contribution in [1.82, 2.24) is 4.72 Å². The van der Waals surface area contributed by atoms with E-state index in [9.17, 15) is 13.2 Å². The molecule has 1 aromatic carbocycles. The van der Waals surface area contributed by atoms with E-state index in [1.54, 1.807) is 0 Å². The zero-order valence-corrected chi connectivity index (χ0v) is 13.4. The van der Waals surface area contributed by atoms with Crippen LogP contribution in [0.4, 0.5) is 0 Å². The summed E-state index contributed by atoms with van der Waals surface area (Å²) in [6.07, 6.45) is 2.37. The predicted molar refractivity (Wildman–Crippen MR) is 80.2 cm³/mol. The maximum absolute atomic E-state index is 12.5. The minimum Gasteiger partial charge on any atom is -0.481 e. The van der Waals surface area contributed by atoms with Gasteiger partial charge in [0.25, 0.3) is 0 Å². The third kappa shape index (κ3) is 4.10. The number of hydrogen-bond donors (Lipinski definition) is 2. The Balaban J connectivity index is 2.32. The van der Waals surface area contributed by atoms with Gasteiger partial charge in [0.05, 0.1) is 11.3 Å². The summed E-state index contributed by atoms with van der Waals surface area (Å²) in [5.41, 5.74) is -0.931. The Bertz CT molecular complexity index is 634. The van der Waals surface area contributed by atoms with E-state index in [4.69, 9.17) is 28.3 Å². The SMILES string of the molecule is O=C(O)CC1(NS(=O)(=O)c2cc(Cl)cc(Cl)c2)CCCC1. The number of carboxylic acids is 1. The van der Waals surface area contributed by atoms with E-state index in [0.29, 0.717) is 12.8 Å². The Morgan fingerprint density at radius 1 is 1.19 bits per heavy atom. The van der Waals surface area contributed by atoms with E-state index in [1.165, 1.54) is 18.2 Å². The third-order valence-corrected chi connectivity index (χ3v) is 5.54. The Morgan fingerprint density at radius 3 is 2.19 bits per heavy atom. The molecule has 0 unspecified atom stereocenters. The summed E-state index contributed by atoms with van der Waals surface area (Å²) < 4.78 is 27.5. The molecule has 1 aromatic rings. The number of carboxylic acid groups (broad SMARTS) is 1. The number of hydrogen-bond acceptors (Lipinski definition) is 3. The lowest BCUT2D eigenvalue weighted by Crippen LogP contribution is -2.47. The van der Waals surface area contributed by atoms with Crippen molar-refractivity contribution in [1.29, 1.82) is 0 Å². The van der Waals surface area contributed by atoms with E-state index in [0.717, 1.165) is 12.8 Å². The first-order valence-corrected chi connectivity index (χ1v) is 8.68. The zero-order chi connectivity index (χ0) is 15.7. The lowest BCUT2D eigenvalue weighted by atomic mass is 9.95. The zero-order valence-electron chi connectivity index (χ0n) is 11.1. The van der Waals surface area contributed by atoms with Gasteiger partial charge in [0, 0.05) is 15.6 Å². The summed E-state index contributed by atoms with van der Waals surface area (Å²) in [6, 6.07) is 4.02. The number of halogens is 2. The predicted octanol–water partition coefficient (Wildman–Crippen LogP) is 3.06. The smallest absolute Gasteiger partial charge is 0.305 e. The van der Waals surface area contributed by atoms with Crippen molar-refractivity contribution in [2.75, 3.05) is 0 Å². The van der Waals surface area contributed by atoms with E-state index < -0.39 is 21.5 Å². The summed E-state index contributed by atoms with van der Waals surface area (Å²) >= 11 is 11.6. The molecule has 2 N–H and O–H groups in total.